The van der Waals surface area contributed by atoms with E-state index in [1.807, 2.05) is 6.92 Å². The second-order valence-corrected chi connectivity index (χ2v) is 5.80. The average molecular weight is 202 g/mol. The molecule has 0 saturated carbocycles. The van der Waals surface area contributed by atoms with Crippen LogP contribution in [0.1, 0.15) is 20.8 Å². The maximum atomic E-state index is 11.7. The number of rotatable bonds is 2. The van der Waals surface area contributed by atoms with Gasteiger partial charge in [0.25, 0.3) is 0 Å². The number of aliphatic imine (C=N–C) groups is 1. The molecule has 0 spiro atoms. The Bertz CT molecular complexity index is 364. The zero-order chi connectivity index (χ0) is 10.2. The molecule has 74 valence electrons. The Kier molecular flexibility index (Phi) is 2.50. The van der Waals surface area contributed by atoms with Gasteiger partial charge in [0.1, 0.15) is 6.17 Å². The quantitative estimate of drug-likeness (QED) is 0.659. The molecule has 13 heavy (non-hydrogen) atoms. The molecule has 0 saturated heterocycles. The van der Waals surface area contributed by atoms with E-state index >= 15 is 0 Å². The molecule has 0 aromatic rings. The Morgan fingerprint density at radius 3 is 2.38 bits per heavy atom. The molecule has 0 amide bonds. The second-order valence-electron chi connectivity index (χ2n) is 3.38. The van der Waals surface area contributed by atoms with E-state index in [2.05, 4.69) is 10.9 Å². The topological polar surface area (TPSA) is 49.7 Å². The van der Waals surface area contributed by atoms with Crippen molar-refractivity contribution < 1.29 is 8.42 Å². The first-order chi connectivity index (χ1) is 5.87. The third-order valence-corrected chi connectivity index (χ3v) is 4.28. The van der Waals surface area contributed by atoms with Gasteiger partial charge in [-0.3, -0.25) is 0 Å². The van der Waals surface area contributed by atoms with Gasteiger partial charge in [-0.25, -0.2) is 13.4 Å². The molecule has 1 aliphatic heterocycles. The summed E-state index contributed by atoms with van der Waals surface area (Å²) >= 11 is 0. The minimum absolute atomic E-state index is 0.122. The molecular formula is C8H14N2O2S. The molecule has 0 aromatic carbocycles. The van der Waals surface area contributed by atoms with Crippen molar-refractivity contribution >= 4 is 15.7 Å². The van der Waals surface area contributed by atoms with Crippen LogP contribution in [0.5, 0.6) is 0 Å². The smallest absolute Gasteiger partial charge is 0.204 e. The average Bonchev–Trinajstić information content (AvgIpc) is 2.33. The van der Waals surface area contributed by atoms with Gasteiger partial charge in [-0.05, 0) is 20.8 Å². The predicted octanol–water partition coefficient (Wildman–Crippen LogP) is 0.612. The van der Waals surface area contributed by atoms with Gasteiger partial charge in [-0.1, -0.05) is 0 Å². The zero-order valence-electron chi connectivity index (χ0n) is 8.27. The van der Waals surface area contributed by atoms with E-state index in [4.69, 9.17) is 0 Å². The summed E-state index contributed by atoms with van der Waals surface area (Å²) in [5, 5.41) is -0.215. The summed E-state index contributed by atoms with van der Waals surface area (Å²) in [5.41, 5.74) is 0. The third kappa shape index (κ3) is 1.62. The molecule has 0 aliphatic carbocycles. The van der Waals surface area contributed by atoms with Gasteiger partial charge >= 0.3 is 0 Å². The van der Waals surface area contributed by atoms with Crippen molar-refractivity contribution in [2.45, 2.75) is 32.2 Å². The van der Waals surface area contributed by atoms with Crippen molar-refractivity contribution in [3.8, 4) is 0 Å². The molecule has 4 nitrogen and oxygen atoms in total. The van der Waals surface area contributed by atoms with Crippen molar-refractivity contribution in [1.82, 2.24) is 4.90 Å². The molecule has 1 atom stereocenters. The van der Waals surface area contributed by atoms with E-state index in [1.165, 1.54) is 0 Å². The first-order valence-electron chi connectivity index (χ1n) is 4.17. The summed E-state index contributed by atoms with van der Waals surface area (Å²) < 4.78 is 23.4. The Balaban J connectivity index is 3.07. The number of hydrogen-bond donors (Lipinski definition) is 0. The van der Waals surface area contributed by atoms with Gasteiger partial charge in [-0.15, -0.1) is 0 Å². The standard InChI is InChI=1S/C8H14N2O2S/c1-6(2)13(11,12)8-5-9-7(3)10(8)4/h6-7H,1-4H3. The summed E-state index contributed by atoms with van der Waals surface area (Å²) in [6.45, 7) is 5.14. The molecule has 0 radical (unpaired) electrons. The van der Waals surface area contributed by atoms with Crippen LogP contribution in [0.25, 0.3) is 0 Å². The van der Waals surface area contributed by atoms with Gasteiger partial charge in [0.05, 0.1) is 5.25 Å². The van der Waals surface area contributed by atoms with E-state index < -0.39 is 15.1 Å². The van der Waals surface area contributed by atoms with E-state index in [9.17, 15) is 8.42 Å². The van der Waals surface area contributed by atoms with Crippen LogP contribution in [0.3, 0.4) is 0 Å². The van der Waals surface area contributed by atoms with Crippen LogP contribution in [-0.2, 0) is 9.84 Å². The lowest BCUT2D eigenvalue weighted by atomic mass is 10.5. The van der Waals surface area contributed by atoms with Crippen molar-refractivity contribution in [2.75, 3.05) is 7.05 Å². The van der Waals surface area contributed by atoms with E-state index in [-0.39, 0.29) is 11.2 Å². The highest BCUT2D eigenvalue weighted by atomic mass is 32.2. The molecule has 5 heteroatoms. The normalized spacial score (nSPS) is 22.7. The van der Waals surface area contributed by atoms with Crippen LogP contribution in [-0.4, -0.2) is 37.7 Å². The van der Waals surface area contributed by atoms with Gasteiger partial charge in [-0.2, -0.15) is 0 Å². The molecule has 0 N–H and O–H groups in total. The Morgan fingerprint density at radius 1 is 1.54 bits per heavy atom. The minimum atomic E-state index is -3.22. The Labute approximate surface area is 78.9 Å². The van der Waals surface area contributed by atoms with Crippen molar-refractivity contribution in [2.24, 2.45) is 4.99 Å². The lowest BCUT2D eigenvalue weighted by Crippen LogP contribution is -2.30. The van der Waals surface area contributed by atoms with Crippen molar-refractivity contribution in [1.29, 1.82) is 0 Å². The van der Waals surface area contributed by atoms with Gasteiger partial charge < -0.3 is 4.90 Å². The Hall–Kier alpha value is -0.800. The van der Waals surface area contributed by atoms with E-state index in [1.54, 1.807) is 25.8 Å². The fourth-order valence-electron chi connectivity index (χ4n) is 0.971. The van der Waals surface area contributed by atoms with E-state index in [0.717, 1.165) is 0 Å². The van der Waals surface area contributed by atoms with Crippen LogP contribution < -0.4 is 0 Å². The number of hydrogen-bond acceptors (Lipinski definition) is 4. The maximum Gasteiger partial charge on any atom is 0.204 e. The summed E-state index contributed by atoms with van der Waals surface area (Å²) in [7, 11) is -1.51. The van der Waals surface area contributed by atoms with Crippen LogP contribution in [0.4, 0.5) is 0 Å². The van der Waals surface area contributed by atoms with Crippen LogP contribution in [0, 0.1) is 0 Å². The van der Waals surface area contributed by atoms with Gasteiger partial charge in [0.15, 0.2) is 5.03 Å². The molecule has 1 aliphatic rings. The molecule has 0 bridgehead atoms. The predicted molar refractivity (Wildman–Crippen MR) is 52.2 cm³/mol. The highest BCUT2D eigenvalue weighted by Crippen LogP contribution is 2.19. The first-order valence-corrected chi connectivity index (χ1v) is 5.71. The Morgan fingerprint density at radius 2 is 2.08 bits per heavy atom. The van der Waals surface area contributed by atoms with Crippen molar-refractivity contribution in [3.63, 3.8) is 0 Å². The molecule has 1 rings (SSSR count). The summed E-state index contributed by atoms with van der Waals surface area (Å²) in [4.78, 5) is 5.53. The fraction of sp³-hybridized carbons (Fsp3) is 0.750. The van der Waals surface area contributed by atoms with Gasteiger partial charge in [0, 0.05) is 12.9 Å². The first kappa shape index (κ1) is 10.3. The third-order valence-electron chi connectivity index (χ3n) is 2.12. The minimum Gasteiger partial charge on any atom is -0.335 e. The van der Waals surface area contributed by atoms with Crippen LogP contribution >= 0.6 is 0 Å². The molecule has 1 unspecified atom stereocenters. The fourth-order valence-corrected chi connectivity index (χ4v) is 2.15. The van der Waals surface area contributed by atoms with E-state index in [0.29, 0.717) is 0 Å². The lowest BCUT2D eigenvalue weighted by Gasteiger charge is -2.20. The lowest BCUT2D eigenvalue weighted by molar-refractivity contribution is 0.367. The molecule has 1 heterocycles. The number of sulfone groups is 1. The highest BCUT2D eigenvalue weighted by Gasteiger charge is 2.30. The summed E-state index contributed by atoms with van der Waals surface area (Å²) in [5.74, 6) is 2.56. The maximum absolute atomic E-state index is 11.7. The second kappa shape index (κ2) is 3.16. The summed E-state index contributed by atoms with van der Waals surface area (Å²) in [6, 6.07) is 0. The number of nitrogens with zero attached hydrogens (tertiary/aromatic N) is 2. The largest absolute Gasteiger partial charge is 0.335 e. The van der Waals surface area contributed by atoms with Crippen molar-refractivity contribution in [3.05, 3.63) is 5.03 Å². The molecule has 0 aromatic heterocycles. The highest BCUT2D eigenvalue weighted by molar-refractivity contribution is 7.96. The van der Waals surface area contributed by atoms with Gasteiger partial charge in [0.2, 0.25) is 9.84 Å². The molecular weight excluding hydrogens is 188 g/mol. The van der Waals surface area contributed by atoms with Crippen LogP contribution in [0.15, 0.2) is 10.0 Å². The SMILES string of the molecule is CC1N=C=C(S(=O)(=O)C(C)C)N1C. The zero-order valence-corrected chi connectivity index (χ0v) is 9.09. The van der Waals surface area contributed by atoms with Crippen LogP contribution in [0.2, 0.25) is 0 Å². The summed E-state index contributed by atoms with van der Waals surface area (Å²) in [6.07, 6.45) is -0.122. The molecule has 0 fully saturated rings. The monoisotopic (exact) mass is 202 g/mol.